The molecule has 0 saturated carbocycles. The Morgan fingerprint density at radius 3 is 2.57 bits per heavy atom. The second-order valence-electron chi connectivity index (χ2n) is 8.99. The molecule has 162 valence electrons. The minimum atomic E-state index is -0.614. The molecule has 1 heterocycles. The molecule has 2 atom stereocenters. The molecule has 1 N–H and O–H groups in total. The van der Waals surface area contributed by atoms with Crippen LogP contribution in [-0.2, 0) is 4.79 Å². The molecule has 0 fully saturated rings. The molecule has 5 heteroatoms. The predicted molar refractivity (Wildman–Crippen MR) is 119 cm³/mol. The fourth-order valence-electron chi connectivity index (χ4n) is 3.84. The van der Waals surface area contributed by atoms with E-state index >= 15 is 0 Å². The van der Waals surface area contributed by atoms with E-state index in [4.69, 9.17) is 14.2 Å². The molecule has 0 bridgehead atoms. The van der Waals surface area contributed by atoms with E-state index in [1.54, 1.807) is 14.0 Å². The summed E-state index contributed by atoms with van der Waals surface area (Å²) in [6.45, 7) is 12.1. The summed E-state index contributed by atoms with van der Waals surface area (Å²) in [5.41, 5.74) is 2.76. The van der Waals surface area contributed by atoms with Crippen LogP contribution in [0.1, 0.15) is 69.7 Å². The third-order valence-corrected chi connectivity index (χ3v) is 5.46. The van der Waals surface area contributed by atoms with Crippen molar-refractivity contribution < 1.29 is 19.0 Å². The molecule has 2 aromatic carbocycles. The van der Waals surface area contributed by atoms with Crippen LogP contribution < -0.4 is 19.5 Å². The molecule has 5 nitrogen and oxygen atoms in total. The number of methoxy groups -OCH3 is 1. The number of rotatable bonds is 6. The largest absolute Gasteiger partial charge is 0.497 e. The van der Waals surface area contributed by atoms with E-state index in [1.807, 2.05) is 45.0 Å². The number of hydrogen-bond acceptors (Lipinski definition) is 4. The maximum atomic E-state index is 13.0. The average Bonchev–Trinajstić information content (AvgIpc) is 2.66. The summed E-state index contributed by atoms with van der Waals surface area (Å²) in [5.74, 6) is 2.41. The lowest BCUT2D eigenvalue weighted by Gasteiger charge is -2.38. The van der Waals surface area contributed by atoms with E-state index in [-0.39, 0.29) is 11.9 Å². The number of amides is 1. The highest BCUT2D eigenvalue weighted by atomic mass is 16.5. The first kappa shape index (κ1) is 22.0. The third kappa shape index (κ3) is 4.89. The molecule has 0 aliphatic carbocycles. The van der Waals surface area contributed by atoms with E-state index in [1.165, 1.54) is 0 Å². The van der Waals surface area contributed by atoms with E-state index in [0.717, 1.165) is 33.9 Å². The smallest absolute Gasteiger partial charge is 0.261 e. The number of carbonyl (C=O) groups is 1. The first-order chi connectivity index (χ1) is 14.1. The normalized spacial score (nSPS) is 18.2. The summed E-state index contributed by atoms with van der Waals surface area (Å²) >= 11 is 0. The third-order valence-electron chi connectivity index (χ3n) is 5.46. The van der Waals surface area contributed by atoms with Crippen LogP contribution in [0.4, 0.5) is 0 Å². The topological polar surface area (TPSA) is 56.8 Å². The quantitative estimate of drug-likeness (QED) is 0.700. The molecule has 0 saturated heterocycles. The van der Waals surface area contributed by atoms with Gasteiger partial charge in [0.15, 0.2) is 6.10 Å². The number of carbonyl (C=O) groups excluding carboxylic acids is 1. The summed E-state index contributed by atoms with van der Waals surface area (Å²) in [7, 11) is 1.63. The fourth-order valence-corrected chi connectivity index (χ4v) is 3.84. The highest BCUT2D eigenvalue weighted by molar-refractivity contribution is 5.81. The summed E-state index contributed by atoms with van der Waals surface area (Å²) in [4.78, 5) is 13.0. The number of ether oxygens (including phenoxy) is 3. The van der Waals surface area contributed by atoms with Crippen molar-refractivity contribution >= 4 is 5.91 Å². The molecule has 0 spiro atoms. The van der Waals surface area contributed by atoms with E-state index in [2.05, 4.69) is 31.3 Å². The van der Waals surface area contributed by atoms with Gasteiger partial charge < -0.3 is 19.5 Å². The Bertz CT molecular complexity index is 919. The first-order valence-corrected chi connectivity index (χ1v) is 10.5. The van der Waals surface area contributed by atoms with E-state index in [0.29, 0.717) is 12.3 Å². The number of aryl methyl sites for hydroxylation is 1. The van der Waals surface area contributed by atoms with Gasteiger partial charge in [0, 0.05) is 18.1 Å². The van der Waals surface area contributed by atoms with Gasteiger partial charge in [-0.05, 0) is 62.9 Å². The minimum Gasteiger partial charge on any atom is -0.497 e. The van der Waals surface area contributed by atoms with Crippen LogP contribution in [0.2, 0.25) is 0 Å². The Kier molecular flexibility index (Phi) is 6.30. The van der Waals surface area contributed by atoms with Crippen LogP contribution in [0.3, 0.4) is 0 Å². The molecule has 3 rings (SSSR count). The molecule has 2 unspecified atom stereocenters. The van der Waals surface area contributed by atoms with Crippen molar-refractivity contribution in [2.75, 3.05) is 7.11 Å². The van der Waals surface area contributed by atoms with Gasteiger partial charge in [-0.2, -0.15) is 0 Å². The van der Waals surface area contributed by atoms with Crippen molar-refractivity contribution in [2.45, 2.75) is 71.6 Å². The summed E-state index contributed by atoms with van der Waals surface area (Å²) in [5, 5.41) is 3.17. The molecule has 30 heavy (non-hydrogen) atoms. The van der Waals surface area contributed by atoms with E-state index in [9.17, 15) is 4.79 Å². The van der Waals surface area contributed by atoms with Gasteiger partial charge in [-0.3, -0.25) is 4.79 Å². The molecule has 1 amide bonds. The van der Waals surface area contributed by atoms with Crippen molar-refractivity contribution in [3.63, 3.8) is 0 Å². The molecule has 0 radical (unpaired) electrons. The van der Waals surface area contributed by atoms with E-state index < -0.39 is 11.7 Å². The molecule has 0 aromatic heterocycles. The van der Waals surface area contributed by atoms with Crippen LogP contribution in [0.25, 0.3) is 0 Å². The standard InChI is InChI=1S/C25H33NO4/c1-15(2)19-10-8-16(3)12-22(19)29-17(4)24(27)26-21-14-25(5,6)30-23-13-18(28-7)9-11-20(21)23/h8-13,15,17,21H,14H2,1-7H3,(H,26,27). The monoisotopic (exact) mass is 411 g/mol. The van der Waals surface area contributed by atoms with Gasteiger partial charge in [0.05, 0.1) is 13.2 Å². The van der Waals surface area contributed by atoms with Crippen molar-refractivity contribution in [3.8, 4) is 17.2 Å². The lowest BCUT2D eigenvalue weighted by atomic mass is 9.89. The van der Waals surface area contributed by atoms with Gasteiger partial charge in [-0.15, -0.1) is 0 Å². The second-order valence-corrected chi connectivity index (χ2v) is 8.99. The van der Waals surface area contributed by atoms with Crippen molar-refractivity contribution in [3.05, 3.63) is 53.1 Å². The van der Waals surface area contributed by atoms with Gasteiger partial charge >= 0.3 is 0 Å². The van der Waals surface area contributed by atoms with Gasteiger partial charge in [0.25, 0.3) is 5.91 Å². The van der Waals surface area contributed by atoms with Gasteiger partial charge in [0.1, 0.15) is 22.8 Å². The number of hydrogen-bond donors (Lipinski definition) is 1. The zero-order valence-corrected chi connectivity index (χ0v) is 19.0. The Hall–Kier alpha value is -2.69. The summed E-state index contributed by atoms with van der Waals surface area (Å²) in [6, 6.07) is 11.7. The number of fused-ring (bicyclic) bond motifs is 1. The Balaban J connectivity index is 1.78. The van der Waals surface area contributed by atoms with Gasteiger partial charge in [0.2, 0.25) is 0 Å². The molecule has 2 aromatic rings. The zero-order chi connectivity index (χ0) is 22.1. The van der Waals surface area contributed by atoms with Gasteiger partial charge in [-0.1, -0.05) is 26.0 Å². The molecule has 1 aliphatic heterocycles. The molecular formula is C25H33NO4. The number of benzene rings is 2. The van der Waals surface area contributed by atoms with Crippen LogP contribution in [0, 0.1) is 6.92 Å². The second kappa shape index (κ2) is 8.58. The maximum absolute atomic E-state index is 13.0. The van der Waals surface area contributed by atoms with Crippen LogP contribution >= 0.6 is 0 Å². The Morgan fingerprint density at radius 2 is 1.90 bits per heavy atom. The lowest BCUT2D eigenvalue weighted by molar-refractivity contribution is -0.128. The maximum Gasteiger partial charge on any atom is 0.261 e. The van der Waals surface area contributed by atoms with Crippen LogP contribution in [0.15, 0.2) is 36.4 Å². The highest BCUT2D eigenvalue weighted by Crippen LogP contribution is 2.41. The van der Waals surface area contributed by atoms with Crippen molar-refractivity contribution in [1.29, 1.82) is 0 Å². The molecule has 1 aliphatic rings. The SMILES string of the molecule is COc1ccc2c(c1)OC(C)(C)CC2NC(=O)C(C)Oc1cc(C)ccc1C(C)C. The van der Waals surface area contributed by atoms with Crippen LogP contribution in [0.5, 0.6) is 17.2 Å². The van der Waals surface area contributed by atoms with Gasteiger partial charge in [-0.25, -0.2) is 0 Å². The zero-order valence-electron chi connectivity index (χ0n) is 19.0. The van der Waals surface area contributed by atoms with Crippen LogP contribution in [-0.4, -0.2) is 24.7 Å². The lowest BCUT2D eigenvalue weighted by Crippen LogP contribution is -2.44. The summed E-state index contributed by atoms with van der Waals surface area (Å²) < 4.78 is 17.5. The average molecular weight is 412 g/mol. The number of nitrogens with one attached hydrogen (secondary N) is 1. The summed E-state index contributed by atoms with van der Waals surface area (Å²) in [6.07, 6.45) is 0.0592. The Labute approximate surface area is 179 Å². The molecular weight excluding hydrogens is 378 g/mol. The highest BCUT2D eigenvalue weighted by Gasteiger charge is 2.35. The van der Waals surface area contributed by atoms with Crippen molar-refractivity contribution in [1.82, 2.24) is 5.32 Å². The van der Waals surface area contributed by atoms with Crippen molar-refractivity contribution in [2.24, 2.45) is 0 Å². The Morgan fingerprint density at radius 1 is 1.17 bits per heavy atom. The predicted octanol–water partition coefficient (Wildman–Crippen LogP) is 5.31. The first-order valence-electron chi connectivity index (χ1n) is 10.5. The fraction of sp³-hybridized carbons (Fsp3) is 0.480. The minimum absolute atomic E-state index is 0.143.